The largest absolute Gasteiger partial charge is 0.418 e. The molecule has 5 heteroatoms. The molecule has 1 heterocycles. The fourth-order valence-electron chi connectivity index (χ4n) is 0.975. The highest BCUT2D eigenvalue weighted by molar-refractivity contribution is 8.15. The van der Waals surface area contributed by atoms with Crippen molar-refractivity contribution in [1.82, 2.24) is 4.98 Å². The topological polar surface area (TPSA) is 12.9 Å². The number of nitrogens with zero attached hydrogens (tertiary/aromatic N) is 1. The van der Waals surface area contributed by atoms with E-state index in [0.717, 1.165) is 6.07 Å². The van der Waals surface area contributed by atoms with E-state index < -0.39 is 22.6 Å². The summed E-state index contributed by atoms with van der Waals surface area (Å²) < 4.78 is 37.1. The second-order valence-electron chi connectivity index (χ2n) is 2.77. The van der Waals surface area contributed by atoms with Gasteiger partial charge in [0.15, 0.2) is 0 Å². The molecule has 0 atom stereocenters. The molecule has 1 aromatic rings. The van der Waals surface area contributed by atoms with Crippen LogP contribution in [0.1, 0.15) is 5.56 Å². The van der Waals surface area contributed by atoms with Crippen molar-refractivity contribution in [2.24, 2.45) is 0 Å². The van der Waals surface area contributed by atoms with Gasteiger partial charge in [-0.2, -0.15) is 13.2 Å². The number of halogens is 3. The molecule has 0 N–H and O–H groups in total. The lowest BCUT2D eigenvalue weighted by Crippen LogP contribution is -2.08. The van der Waals surface area contributed by atoms with Crippen LogP contribution in [0.2, 0.25) is 0 Å². The minimum absolute atomic E-state index is 0.171. The standard InChI is InChI=1S/C8H10F3NS/c1-13(2)7-6(8(9,10)11)4-3-5-12-7/h3-5,13H,1-2H3. The summed E-state index contributed by atoms with van der Waals surface area (Å²) in [5.74, 6) is 0. The highest BCUT2D eigenvalue weighted by atomic mass is 32.2. The molecular weight excluding hydrogens is 199 g/mol. The molecule has 0 aliphatic carbocycles. The molecule has 1 nitrogen and oxygen atoms in total. The molecule has 0 aliphatic heterocycles. The van der Waals surface area contributed by atoms with Gasteiger partial charge < -0.3 is 0 Å². The zero-order valence-electron chi connectivity index (χ0n) is 7.26. The molecule has 13 heavy (non-hydrogen) atoms. The number of pyridine rings is 1. The van der Waals surface area contributed by atoms with E-state index in [1.165, 1.54) is 12.3 Å². The Labute approximate surface area is 77.3 Å². The molecule has 0 saturated carbocycles. The molecule has 0 aromatic carbocycles. The Morgan fingerprint density at radius 1 is 1.31 bits per heavy atom. The molecule has 0 bridgehead atoms. The maximum absolute atomic E-state index is 12.4. The van der Waals surface area contributed by atoms with Crippen LogP contribution in [0.3, 0.4) is 0 Å². The van der Waals surface area contributed by atoms with E-state index in [-0.39, 0.29) is 5.03 Å². The molecule has 0 radical (unpaired) electrons. The summed E-state index contributed by atoms with van der Waals surface area (Å²) in [5.41, 5.74) is -0.605. The van der Waals surface area contributed by atoms with Crippen molar-refractivity contribution in [3.63, 3.8) is 0 Å². The van der Waals surface area contributed by atoms with Crippen LogP contribution in [0.4, 0.5) is 13.2 Å². The Morgan fingerprint density at radius 2 is 1.92 bits per heavy atom. The van der Waals surface area contributed by atoms with E-state index in [0.29, 0.717) is 0 Å². The molecule has 1 aromatic heterocycles. The van der Waals surface area contributed by atoms with E-state index >= 15 is 0 Å². The lowest BCUT2D eigenvalue weighted by Gasteiger charge is -2.15. The summed E-state index contributed by atoms with van der Waals surface area (Å²) in [4.78, 5) is 3.75. The van der Waals surface area contributed by atoms with Crippen LogP contribution in [0.15, 0.2) is 23.4 Å². The van der Waals surface area contributed by atoms with Crippen molar-refractivity contribution in [1.29, 1.82) is 0 Å². The lowest BCUT2D eigenvalue weighted by molar-refractivity contribution is -0.140. The number of hydrogen-bond acceptors (Lipinski definition) is 1. The number of hydrogen-bond donors (Lipinski definition) is 1. The summed E-state index contributed by atoms with van der Waals surface area (Å²) in [6.45, 7) is 0. The monoisotopic (exact) mass is 209 g/mol. The number of aromatic nitrogens is 1. The van der Waals surface area contributed by atoms with Crippen LogP contribution in [-0.4, -0.2) is 17.5 Å². The summed E-state index contributed by atoms with van der Waals surface area (Å²) >= 11 is 0. The predicted molar refractivity (Wildman–Crippen MR) is 48.3 cm³/mol. The number of rotatable bonds is 1. The number of alkyl halides is 3. The van der Waals surface area contributed by atoms with E-state index in [1.54, 1.807) is 12.5 Å². The van der Waals surface area contributed by atoms with E-state index in [9.17, 15) is 13.2 Å². The van der Waals surface area contributed by atoms with Gasteiger partial charge in [0.2, 0.25) is 0 Å². The maximum Gasteiger partial charge on any atom is 0.418 e. The Hall–Kier alpha value is -0.710. The highest BCUT2D eigenvalue weighted by Crippen LogP contribution is 2.38. The maximum atomic E-state index is 12.4. The lowest BCUT2D eigenvalue weighted by atomic mass is 10.3. The van der Waals surface area contributed by atoms with Crippen molar-refractivity contribution in [3.05, 3.63) is 23.9 Å². The average molecular weight is 209 g/mol. The van der Waals surface area contributed by atoms with E-state index in [4.69, 9.17) is 0 Å². The van der Waals surface area contributed by atoms with Gasteiger partial charge in [-0.05, 0) is 24.6 Å². The molecule has 0 unspecified atom stereocenters. The Morgan fingerprint density at radius 3 is 2.31 bits per heavy atom. The van der Waals surface area contributed by atoms with Gasteiger partial charge in [-0.25, -0.2) is 10.9 Å². The highest BCUT2D eigenvalue weighted by Gasteiger charge is 2.34. The summed E-state index contributed by atoms with van der Waals surface area (Å²) in [6.07, 6.45) is 0.628. The minimum atomic E-state index is -4.28. The van der Waals surface area contributed by atoms with Gasteiger partial charge in [0.1, 0.15) is 0 Å². The van der Waals surface area contributed by atoms with Gasteiger partial charge in [-0.1, -0.05) is 0 Å². The quantitative estimate of drug-likeness (QED) is 0.702. The Balaban J connectivity index is 3.20. The zero-order chi connectivity index (χ0) is 10.1. The van der Waals surface area contributed by atoms with Gasteiger partial charge in [-0.15, -0.1) is 0 Å². The third kappa shape index (κ3) is 2.37. The van der Waals surface area contributed by atoms with Crippen LogP contribution >= 0.6 is 10.9 Å². The smallest absolute Gasteiger partial charge is 0.251 e. The van der Waals surface area contributed by atoms with Crippen LogP contribution in [0, 0.1) is 0 Å². The van der Waals surface area contributed by atoms with E-state index in [2.05, 4.69) is 4.98 Å². The molecule has 0 aliphatic rings. The predicted octanol–water partition coefficient (Wildman–Crippen LogP) is 2.72. The third-order valence-corrected chi connectivity index (χ3v) is 2.72. The van der Waals surface area contributed by atoms with Gasteiger partial charge in [-0.3, -0.25) is 4.98 Å². The van der Waals surface area contributed by atoms with Crippen molar-refractivity contribution in [3.8, 4) is 0 Å². The molecule has 0 fully saturated rings. The van der Waals surface area contributed by atoms with Gasteiger partial charge >= 0.3 is 6.18 Å². The first-order valence-electron chi connectivity index (χ1n) is 3.62. The second kappa shape index (κ2) is 3.57. The Kier molecular flexibility index (Phi) is 2.85. The summed E-state index contributed by atoms with van der Waals surface area (Å²) in [6, 6.07) is 2.38. The normalized spacial score (nSPS) is 12.8. The van der Waals surface area contributed by atoms with Crippen LogP contribution < -0.4 is 0 Å². The van der Waals surface area contributed by atoms with Crippen molar-refractivity contribution >= 4 is 10.9 Å². The molecule has 0 amide bonds. The van der Waals surface area contributed by atoms with Crippen LogP contribution in [-0.2, 0) is 6.18 Å². The molecule has 74 valence electrons. The Bertz CT molecular complexity index is 296. The fraction of sp³-hybridized carbons (Fsp3) is 0.375. The number of thiol groups is 1. The van der Waals surface area contributed by atoms with E-state index in [1.807, 2.05) is 0 Å². The minimum Gasteiger partial charge on any atom is -0.251 e. The first-order chi connectivity index (χ1) is 5.93. The van der Waals surface area contributed by atoms with Crippen molar-refractivity contribution in [2.45, 2.75) is 11.2 Å². The van der Waals surface area contributed by atoms with Gasteiger partial charge in [0, 0.05) is 6.20 Å². The van der Waals surface area contributed by atoms with Crippen LogP contribution in [0.5, 0.6) is 0 Å². The SMILES string of the molecule is C[SH](C)c1ncccc1C(F)(F)F. The average Bonchev–Trinajstić information content (AvgIpc) is 2.03. The van der Waals surface area contributed by atoms with Crippen molar-refractivity contribution < 1.29 is 13.2 Å². The van der Waals surface area contributed by atoms with Crippen LogP contribution in [0.25, 0.3) is 0 Å². The third-order valence-electron chi connectivity index (χ3n) is 1.52. The molecule has 1 rings (SSSR count). The second-order valence-corrected chi connectivity index (χ2v) is 4.98. The summed E-state index contributed by atoms with van der Waals surface area (Å²) in [5, 5.41) is 0.171. The van der Waals surface area contributed by atoms with Gasteiger partial charge in [0.05, 0.1) is 10.6 Å². The first kappa shape index (κ1) is 10.4. The molecule has 0 saturated heterocycles. The first-order valence-corrected chi connectivity index (χ1v) is 5.86. The fourth-order valence-corrected chi connectivity index (χ4v) is 1.96. The van der Waals surface area contributed by atoms with Gasteiger partial charge in [0.25, 0.3) is 0 Å². The van der Waals surface area contributed by atoms with Crippen molar-refractivity contribution in [2.75, 3.05) is 12.5 Å². The molecule has 0 spiro atoms. The summed E-state index contributed by atoms with van der Waals surface area (Å²) in [7, 11) is -0.812. The molecular formula is C8H10F3NS. The zero-order valence-corrected chi connectivity index (χ0v) is 8.15.